The molecule has 2 heterocycles. The molecule has 1 aromatic rings. The van der Waals surface area contributed by atoms with E-state index in [-0.39, 0.29) is 5.91 Å². The summed E-state index contributed by atoms with van der Waals surface area (Å²) in [5.74, 6) is 0.0277. The number of ether oxygens (including phenoxy) is 1. The molecular formula is C18H27N3O2. The molecule has 0 unspecified atom stereocenters. The van der Waals surface area contributed by atoms with E-state index in [0.717, 1.165) is 64.5 Å². The number of anilines is 1. The Morgan fingerprint density at radius 2 is 1.74 bits per heavy atom. The molecule has 2 aliphatic rings. The summed E-state index contributed by atoms with van der Waals surface area (Å²) < 4.78 is 5.33. The first-order valence-electron chi connectivity index (χ1n) is 8.76. The standard InChI is InChI=1S/C18H27N3O2/c22-18(19-8-3-9-20-12-14-23-15-13-20)16-4-6-17(7-5-16)21-10-1-2-11-21/h4-7H,1-3,8-15H2,(H,19,22). The van der Waals surface area contributed by atoms with Gasteiger partial charge in [0.2, 0.25) is 0 Å². The maximum absolute atomic E-state index is 12.2. The summed E-state index contributed by atoms with van der Waals surface area (Å²) in [5.41, 5.74) is 1.98. The molecule has 3 rings (SSSR count). The summed E-state index contributed by atoms with van der Waals surface area (Å²) in [6.45, 7) is 7.69. The van der Waals surface area contributed by atoms with Crippen molar-refractivity contribution in [2.24, 2.45) is 0 Å². The summed E-state index contributed by atoms with van der Waals surface area (Å²) in [7, 11) is 0. The van der Waals surface area contributed by atoms with Crippen molar-refractivity contribution >= 4 is 11.6 Å². The summed E-state index contributed by atoms with van der Waals surface area (Å²) >= 11 is 0. The number of hydrogen-bond donors (Lipinski definition) is 1. The first-order valence-corrected chi connectivity index (χ1v) is 8.76. The monoisotopic (exact) mass is 317 g/mol. The normalized spacial score (nSPS) is 19.0. The highest BCUT2D eigenvalue weighted by Gasteiger charge is 2.13. The molecule has 2 saturated heterocycles. The molecule has 2 fully saturated rings. The Morgan fingerprint density at radius 1 is 1.04 bits per heavy atom. The number of carbonyl (C=O) groups is 1. The van der Waals surface area contributed by atoms with Crippen molar-refractivity contribution in [3.05, 3.63) is 29.8 Å². The Kier molecular flexibility index (Phi) is 5.88. The Bertz CT molecular complexity index is 491. The second-order valence-corrected chi connectivity index (χ2v) is 6.30. The fourth-order valence-corrected chi connectivity index (χ4v) is 3.23. The summed E-state index contributed by atoms with van der Waals surface area (Å²) in [5, 5.41) is 3.02. The van der Waals surface area contributed by atoms with Gasteiger partial charge in [0.05, 0.1) is 13.2 Å². The lowest BCUT2D eigenvalue weighted by Crippen LogP contribution is -2.38. The molecule has 5 nitrogen and oxygen atoms in total. The van der Waals surface area contributed by atoms with Gasteiger partial charge >= 0.3 is 0 Å². The van der Waals surface area contributed by atoms with Gasteiger partial charge in [0.15, 0.2) is 0 Å². The third kappa shape index (κ3) is 4.69. The molecule has 23 heavy (non-hydrogen) atoms. The molecule has 1 N–H and O–H groups in total. The Balaban J connectivity index is 1.39. The Hall–Kier alpha value is -1.59. The van der Waals surface area contributed by atoms with Gasteiger partial charge in [-0.2, -0.15) is 0 Å². The average molecular weight is 317 g/mol. The third-order valence-electron chi connectivity index (χ3n) is 4.64. The lowest BCUT2D eigenvalue weighted by molar-refractivity contribution is 0.0374. The first-order chi connectivity index (χ1) is 11.3. The molecule has 0 aromatic heterocycles. The van der Waals surface area contributed by atoms with Gasteiger partial charge in [0.25, 0.3) is 5.91 Å². The van der Waals surface area contributed by atoms with E-state index in [1.165, 1.54) is 18.5 Å². The van der Waals surface area contributed by atoms with Crippen molar-refractivity contribution in [2.75, 3.05) is 57.4 Å². The van der Waals surface area contributed by atoms with Gasteiger partial charge in [-0.05, 0) is 50.1 Å². The lowest BCUT2D eigenvalue weighted by atomic mass is 10.2. The zero-order valence-corrected chi connectivity index (χ0v) is 13.8. The molecule has 0 saturated carbocycles. The number of hydrogen-bond acceptors (Lipinski definition) is 4. The predicted molar refractivity (Wildman–Crippen MR) is 92.1 cm³/mol. The van der Waals surface area contributed by atoms with Crippen molar-refractivity contribution in [1.82, 2.24) is 10.2 Å². The van der Waals surface area contributed by atoms with Crippen LogP contribution in [0.4, 0.5) is 5.69 Å². The van der Waals surface area contributed by atoms with E-state index in [0.29, 0.717) is 0 Å². The van der Waals surface area contributed by atoms with Gasteiger partial charge in [0, 0.05) is 44.0 Å². The van der Waals surface area contributed by atoms with Gasteiger partial charge in [-0.15, -0.1) is 0 Å². The minimum atomic E-state index is 0.0277. The van der Waals surface area contributed by atoms with Gasteiger partial charge in [-0.3, -0.25) is 9.69 Å². The number of carbonyl (C=O) groups excluding carboxylic acids is 1. The minimum absolute atomic E-state index is 0.0277. The van der Waals surface area contributed by atoms with Crippen molar-refractivity contribution < 1.29 is 9.53 Å². The van der Waals surface area contributed by atoms with Gasteiger partial charge < -0.3 is 15.0 Å². The van der Waals surface area contributed by atoms with E-state index in [2.05, 4.69) is 27.2 Å². The molecule has 1 amide bonds. The number of morpholine rings is 1. The van der Waals surface area contributed by atoms with Crippen LogP contribution in [0.25, 0.3) is 0 Å². The number of nitrogens with zero attached hydrogens (tertiary/aromatic N) is 2. The van der Waals surface area contributed by atoms with Crippen molar-refractivity contribution in [3.8, 4) is 0 Å². The fourth-order valence-electron chi connectivity index (χ4n) is 3.23. The Morgan fingerprint density at radius 3 is 2.43 bits per heavy atom. The highest BCUT2D eigenvalue weighted by atomic mass is 16.5. The molecule has 2 aliphatic heterocycles. The van der Waals surface area contributed by atoms with Crippen molar-refractivity contribution in [2.45, 2.75) is 19.3 Å². The highest BCUT2D eigenvalue weighted by molar-refractivity contribution is 5.94. The molecule has 126 valence electrons. The number of amides is 1. The van der Waals surface area contributed by atoms with Crippen LogP contribution in [0.3, 0.4) is 0 Å². The van der Waals surface area contributed by atoms with E-state index in [9.17, 15) is 4.79 Å². The second kappa shape index (κ2) is 8.31. The molecule has 0 bridgehead atoms. The van der Waals surface area contributed by atoms with Crippen LogP contribution >= 0.6 is 0 Å². The van der Waals surface area contributed by atoms with Gasteiger partial charge in [-0.25, -0.2) is 0 Å². The van der Waals surface area contributed by atoms with Crippen LogP contribution in [0.2, 0.25) is 0 Å². The quantitative estimate of drug-likeness (QED) is 0.812. The van der Waals surface area contributed by atoms with E-state index in [4.69, 9.17) is 4.74 Å². The molecule has 0 spiro atoms. The summed E-state index contributed by atoms with van der Waals surface area (Å²) in [6.07, 6.45) is 3.52. The zero-order valence-electron chi connectivity index (χ0n) is 13.8. The topological polar surface area (TPSA) is 44.8 Å². The van der Waals surface area contributed by atoms with Gasteiger partial charge in [0.1, 0.15) is 0 Å². The molecule has 0 radical (unpaired) electrons. The largest absolute Gasteiger partial charge is 0.379 e. The fraction of sp³-hybridized carbons (Fsp3) is 0.611. The second-order valence-electron chi connectivity index (χ2n) is 6.30. The van der Waals surface area contributed by atoms with Gasteiger partial charge in [-0.1, -0.05) is 0 Å². The summed E-state index contributed by atoms with van der Waals surface area (Å²) in [4.78, 5) is 16.9. The van der Waals surface area contributed by atoms with E-state index in [1.807, 2.05) is 12.1 Å². The van der Waals surface area contributed by atoms with E-state index < -0.39 is 0 Å². The minimum Gasteiger partial charge on any atom is -0.379 e. The number of rotatable bonds is 6. The molecular weight excluding hydrogens is 290 g/mol. The van der Waals surface area contributed by atoms with E-state index >= 15 is 0 Å². The zero-order chi connectivity index (χ0) is 15.9. The van der Waals surface area contributed by atoms with Crippen LogP contribution in [-0.2, 0) is 4.74 Å². The SMILES string of the molecule is O=C(NCCCN1CCOCC1)c1ccc(N2CCCC2)cc1. The van der Waals surface area contributed by atoms with Crippen molar-refractivity contribution in [3.63, 3.8) is 0 Å². The first kappa shape index (κ1) is 16.3. The maximum atomic E-state index is 12.2. The summed E-state index contributed by atoms with van der Waals surface area (Å²) in [6, 6.07) is 8.00. The van der Waals surface area contributed by atoms with Crippen molar-refractivity contribution in [1.29, 1.82) is 0 Å². The molecule has 5 heteroatoms. The lowest BCUT2D eigenvalue weighted by Gasteiger charge is -2.26. The van der Waals surface area contributed by atoms with Crippen LogP contribution < -0.4 is 10.2 Å². The van der Waals surface area contributed by atoms with E-state index in [1.54, 1.807) is 0 Å². The molecule has 0 aliphatic carbocycles. The highest BCUT2D eigenvalue weighted by Crippen LogP contribution is 2.20. The number of benzene rings is 1. The van der Waals surface area contributed by atoms with Crippen LogP contribution in [0.5, 0.6) is 0 Å². The average Bonchev–Trinajstić information content (AvgIpc) is 3.14. The smallest absolute Gasteiger partial charge is 0.251 e. The Labute approximate surface area is 138 Å². The number of nitrogens with one attached hydrogen (secondary N) is 1. The molecule has 1 aromatic carbocycles. The molecule has 0 atom stereocenters. The van der Waals surface area contributed by atoms with Crippen LogP contribution in [0, 0.1) is 0 Å². The van der Waals surface area contributed by atoms with Crippen LogP contribution in [0.15, 0.2) is 24.3 Å². The maximum Gasteiger partial charge on any atom is 0.251 e. The predicted octanol–water partition coefficient (Wildman–Crippen LogP) is 1.74. The van der Waals surface area contributed by atoms with Crippen LogP contribution in [-0.4, -0.2) is 63.3 Å². The third-order valence-corrected chi connectivity index (χ3v) is 4.64. The van der Waals surface area contributed by atoms with Crippen LogP contribution in [0.1, 0.15) is 29.6 Å².